The Hall–Kier alpha value is -1.06. The summed E-state index contributed by atoms with van der Waals surface area (Å²) in [6.07, 6.45) is 1.60. The number of halogens is 2. The minimum atomic E-state index is 0.557. The van der Waals surface area contributed by atoms with Gasteiger partial charge in [-0.2, -0.15) is 0 Å². The molecule has 1 aromatic carbocycles. The normalized spacial score (nSPS) is 10.3. The van der Waals surface area contributed by atoms with Crippen molar-refractivity contribution in [3.8, 4) is 11.3 Å². The van der Waals surface area contributed by atoms with E-state index in [1.165, 1.54) is 0 Å². The predicted molar refractivity (Wildman–Crippen MR) is 66.8 cm³/mol. The first kappa shape index (κ1) is 10.5. The molecular formula is C11H8BrClN2. The molecule has 0 radical (unpaired) electrons. The lowest BCUT2D eigenvalue weighted by Gasteiger charge is -2.06. The summed E-state index contributed by atoms with van der Waals surface area (Å²) in [6.45, 7) is 0. The third-order valence-electron chi connectivity index (χ3n) is 1.99. The molecule has 15 heavy (non-hydrogen) atoms. The molecule has 0 aliphatic heterocycles. The Bertz CT molecular complexity index is 500. The molecule has 0 aliphatic carbocycles. The van der Waals surface area contributed by atoms with E-state index in [0.717, 1.165) is 15.7 Å². The van der Waals surface area contributed by atoms with E-state index in [-0.39, 0.29) is 0 Å². The van der Waals surface area contributed by atoms with Gasteiger partial charge in [0.25, 0.3) is 0 Å². The summed E-state index contributed by atoms with van der Waals surface area (Å²) >= 11 is 9.53. The lowest BCUT2D eigenvalue weighted by Crippen LogP contribution is -1.90. The van der Waals surface area contributed by atoms with E-state index in [2.05, 4.69) is 20.9 Å². The molecule has 0 unspecified atom stereocenters. The molecule has 4 heteroatoms. The Kier molecular flexibility index (Phi) is 2.93. The maximum absolute atomic E-state index is 6.07. The van der Waals surface area contributed by atoms with Gasteiger partial charge < -0.3 is 5.73 Å². The molecule has 2 N–H and O–H groups in total. The van der Waals surface area contributed by atoms with Gasteiger partial charge in [0, 0.05) is 10.0 Å². The van der Waals surface area contributed by atoms with Crippen LogP contribution in [-0.2, 0) is 0 Å². The first-order chi connectivity index (χ1) is 7.18. The molecule has 76 valence electrons. The predicted octanol–water partition coefficient (Wildman–Crippen LogP) is 3.75. The number of hydrogen-bond donors (Lipinski definition) is 1. The van der Waals surface area contributed by atoms with Crippen LogP contribution in [0.15, 0.2) is 41.0 Å². The molecule has 2 rings (SSSR count). The lowest BCUT2D eigenvalue weighted by molar-refractivity contribution is 1.32. The zero-order valence-electron chi connectivity index (χ0n) is 7.74. The zero-order chi connectivity index (χ0) is 10.8. The fourth-order valence-electron chi connectivity index (χ4n) is 1.30. The van der Waals surface area contributed by atoms with Gasteiger partial charge in [-0.3, -0.25) is 4.98 Å². The summed E-state index contributed by atoms with van der Waals surface area (Å²) in [5, 5.41) is 0.557. The molecule has 0 atom stereocenters. The Morgan fingerprint density at radius 3 is 2.67 bits per heavy atom. The van der Waals surface area contributed by atoms with Gasteiger partial charge in [0.15, 0.2) is 0 Å². The number of nitrogen functional groups attached to an aromatic ring is 1. The number of pyridine rings is 1. The molecule has 0 amide bonds. The molecule has 0 fully saturated rings. The monoisotopic (exact) mass is 282 g/mol. The molecule has 1 heterocycles. The molecule has 1 aromatic heterocycles. The van der Waals surface area contributed by atoms with Crippen LogP contribution in [0.4, 0.5) is 5.69 Å². The average molecular weight is 284 g/mol. The quantitative estimate of drug-likeness (QED) is 0.866. The minimum Gasteiger partial charge on any atom is -0.397 e. The van der Waals surface area contributed by atoms with Crippen LogP contribution in [0.1, 0.15) is 0 Å². The van der Waals surface area contributed by atoms with Crippen LogP contribution in [0.2, 0.25) is 5.02 Å². The fourth-order valence-corrected chi connectivity index (χ4v) is 2.05. The first-order valence-corrected chi connectivity index (χ1v) is 5.51. The second kappa shape index (κ2) is 4.21. The summed E-state index contributed by atoms with van der Waals surface area (Å²) in [4.78, 5) is 4.22. The van der Waals surface area contributed by atoms with Gasteiger partial charge in [0.1, 0.15) is 0 Å². The summed E-state index contributed by atoms with van der Waals surface area (Å²) in [6, 6.07) is 9.48. The van der Waals surface area contributed by atoms with E-state index in [1.54, 1.807) is 12.3 Å². The molecular weight excluding hydrogens is 275 g/mol. The van der Waals surface area contributed by atoms with Gasteiger partial charge in [-0.25, -0.2) is 0 Å². The number of aromatic nitrogens is 1. The maximum Gasteiger partial charge on any atom is 0.0901 e. The van der Waals surface area contributed by atoms with Gasteiger partial charge in [-0.05, 0) is 12.1 Å². The van der Waals surface area contributed by atoms with Crippen molar-refractivity contribution in [3.63, 3.8) is 0 Å². The highest BCUT2D eigenvalue weighted by atomic mass is 79.9. The van der Waals surface area contributed by atoms with Gasteiger partial charge in [-0.1, -0.05) is 45.7 Å². The van der Waals surface area contributed by atoms with Gasteiger partial charge in [-0.15, -0.1) is 0 Å². The van der Waals surface area contributed by atoms with Crippen LogP contribution < -0.4 is 5.73 Å². The van der Waals surface area contributed by atoms with E-state index in [0.29, 0.717) is 10.7 Å². The Labute approximate surface area is 101 Å². The molecule has 2 nitrogen and oxygen atoms in total. The summed E-state index contributed by atoms with van der Waals surface area (Å²) in [5.74, 6) is 0. The smallest absolute Gasteiger partial charge is 0.0901 e. The van der Waals surface area contributed by atoms with Gasteiger partial charge in [0.05, 0.1) is 22.6 Å². The van der Waals surface area contributed by atoms with Crippen molar-refractivity contribution in [1.29, 1.82) is 0 Å². The number of anilines is 1. The van der Waals surface area contributed by atoms with Gasteiger partial charge in [0.2, 0.25) is 0 Å². The maximum atomic E-state index is 6.07. The van der Waals surface area contributed by atoms with E-state index >= 15 is 0 Å². The summed E-state index contributed by atoms with van der Waals surface area (Å²) < 4.78 is 0.962. The molecule has 0 saturated heterocycles. The highest BCUT2D eigenvalue weighted by Gasteiger charge is 2.08. The Balaban J connectivity index is 2.60. The fraction of sp³-hybridized carbons (Fsp3) is 0. The van der Waals surface area contributed by atoms with Crippen molar-refractivity contribution in [2.45, 2.75) is 0 Å². The van der Waals surface area contributed by atoms with E-state index < -0.39 is 0 Å². The number of nitrogens with two attached hydrogens (primary N) is 1. The molecule has 0 bridgehead atoms. The van der Waals surface area contributed by atoms with Crippen molar-refractivity contribution in [3.05, 3.63) is 46.0 Å². The standard InChI is InChI=1S/C11H8BrClN2/c12-9-4-2-1-3-8(9)11-10(13)5-7(14)6-15-11/h1-6H,14H2. The third-order valence-corrected chi connectivity index (χ3v) is 2.97. The first-order valence-electron chi connectivity index (χ1n) is 4.34. The van der Waals surface area contributed by atoms with Crippen LogP contribution in [0.25, 0.3) is 11.3 Å². The van der Waals surface area contributed by atoms with Gasteiger partial charge >= 0.3 is 0 Å². The largest absolute Gasteiger partial charge is 0.397 e. The van der Waals surface area contributed by atoms with Crippen molar-refractivity contribution in [1.82, 2.24) is 4.98 Å². The lowest BCUT2D eigenvalue weighted by atomic mass is 10.1. The van der Waals surface area contributed by atoms with Crippen molar-refractivity contribution >= 4 is 33.2 Å². The second-order valence-electron chi connectivity index (χ2n) is 3.08. The number of rotatable bonds is 1. The second-order valence-corrected chi connectivity index (χ2v) is 4.34. The summed E-state index contributed by atoms with van der Waals surface area (Å²) in [7, 11) is 0. The average Bonchev–Trinajstić information content (AvgIpc) is 2.20. The van der Waals surface area contributed by atoms with Crippen molar-refractivity contribution < 1.29 is 0 Å². The molecule has 0 spiro atoms. The van der Waals surface area contributed by atoms with E-state index in [1.807, 2.05) is 24.3 Å². The van der Waals surface area contributed by atoms with Crippen LogP contribution in [-0.4, -0.2) is 4.98 Å². The van der Waals surface area contributed by atoms with Crippen molar-refractivity contribution in [2.75, 3.05) is 5.73 Å². The van der Waals surface area contributed by atoms with Crippen LogP contribution in [0.3, 0.4) is 0 Å². The van der Waals surface area contributed by atoms with Crippen LogP contribution >= 0.6 is 27.5 Å². The van der Waals surface area contributed by atoms with E-state index in [9.17, 15) is 0 Å². The van der Waals surface area contributed by atoms with Crippen LogP contribution in [0, 0.1) is 0 Å². The zero-order valence-corrected chi connectivity index (χ0v) is 10.1. The Morgan fingerprint density at radius 2 is 2.00 bits per heavy atom. The van der Waals surface area contributed by atoms with E-state index in [4.69, 9.17) is 17.3 Å². The topological polar surface area (TPSA) is 38.9 Å². The summed E-state index contributed by atoms with van der Waals surface area (Å²) in [5.41, 5.74) is 7.85. The van der Waals surface area contributed by atoms with Crippen molar-refractivity contribution in [2.24, 2.45) is 0 Å². The molecule has 2 aromatic rings. The van der Waals surface area contributed by atoms with Crippen LogP contribution in [0.5, 0.6) is 0 Å². The highest BCUT2D eigenvalue weighted by Crippen LogP contribution is 2.32. The highest BCUT2D eigenvalue weighted by molar-refractivity contribution is 9.10. The minimum absolute atomic E-state index is 0.557. The number of benzene rings is 1. The third kappa shape index (κ3) is 2.13. The SMILES string of the molecule is Nc1cnc(-c2ccccc2Br)c(Cl)c1. The molecule has 0 aliphatic rings. The Morgan fingerprint density at radius 1 is 1.27 bits per heavy atom. The number of hydrogen-bond acceptors (Lipinski definition) is 2. The molecule has 0 saturated carbocycles. The number of nitrogens with zero attached hydrogens (tertiary/aromatic N) is 1.